The number of rotatable bonds is 8. The molecule has 2 aliphatic heterocycles. The zero-order valence-corrected chi connectivity index (χ0v) is 20.7. The summed E-state index contributed by atoms with van der Waals surface area (Å²) in [6.45, 7) is 5.48. The van der Waals surface area contributed by atoms with Crippen LogP contribution in [0.1, 0.15) is 29.5 Å². The molecule has 6 nitrogen and oxygen atoms in total. The number of methoxy groups -OCH3 is 1. The first-order chi connectivity index (χ1) is 17.5. The van der Waals surface area contributed by atoms with Gasteiger partial charge in [0.2, 0.25) is 12.7 Å². The highest BCUT2D eigenvalue weighted by molar-refractivity contribution is 5.73. The molecule has 1 saturated heterocycles. The minimum Gasteiger partial charge on any atom is -0.497 e. The fourth-order valence-electron chi connectivity index (χ4n) is 5.20. The highest BCUT2D eigenvalue weighted by atomic mass is 19.1. The minimum atomic E-state index is -0.275. The Bertz CT molecular complexity index is 1200. The van der Waals surface area contributed by atoms with Crippen molar-refractivity contribution in [2.75, 3.05) is 33.5 Å². The van der Waals surface area contributed by atoms with E-state index in [0.29, 0.717) is 13.1 Å². The Kier molecular flexibility index (Phi) is 7.09. The zero-order valence-electron chi connectivity index (χ0n) is 20.7. The minimum absolute atomic E-state index is 0.0158. The summed E-state index contributed by atoms with van der Waals surface area (Å²) in [6, 6.07) is 20.7. The van der Waals surface area contributed by atoms with Crippen molar-refractivity contribution >= 4 is 5.91 Å². The Balaban J connectivity index is 1.35. The van der Waals surface area contributed by atoms with Crippen LogP contribution in [0.25, 0.3) is 0 Å². The topological polar surface area (TPSA) is 51.2 Å². The van der Waals surface area contributed by atoms with Crippen molar-refractivity contribution in [3.05, 3.63) is 89.2 Å². The van der Waals surface area contributed by atoms with Gasteiger partial charge in [0.15, 0.2) is 11.5 Å². The molecule has 0 bridgehead atoms. The quantitative estimate of drug-likeness (QED) is 0.453. The molecule has 1 fully saturated rings. The molecule has 1 amide bonds. The van der Waals surface area contributed by atoms with E-state index in [2.05, 4.69) is 29.2 Å². The molecule has 3 aromatic rings. The summed E-state index contributed by atoms with van der Waals surface area (Å²) >= 11 is 0. The van der Waals surface area contributed by atoms with Crippen LogP contribution in [0.4, 0.5) is 4.39 Å². The molecule has 7 heteroatoms. The van der Waals surface area contributed by atoms with Crippen LogP contribution in [0.2, 0.25) is 0 Å². The van der Waals surface area contributed by atoms with Crippen molar-refractivity contribution in [2.24, 2.45) is 5.92 Å². The molecule has 0 saturated carbocycles. The second-order valence-electron chi connectivity index (χ2n) is 9.55. The van der Waals surface area contributed by atoms with Gasteiger partial charge in [-0.2, -0.15) is 0 Å². The molecule has 2 atom stereocenters. The van der Waals surface area contributed by atoms with Crippen molar-refractivity contribution in [1.82, 2.24) is 9.80 Å². The molecule has 2 heterocycles. The summed E-state index contributed by atoms with van der Waals surface area (Å²) < 4.78 is 29.8. The number of ether oxygens (including phenoxy) is 3. The Labute approximate surface area is 211 Å². The SMILES string of the molecule is COc1ccc(C2CN(Cc3ccc4c(c3)OCO4)CC2CN(Cc2ccc(F)cc2)C(C)=O)cc1. The van der Waals surface area contributed by atoms with Crippen molar-refractivity contribution in [1.29, 1.82) is 0 Å². The van der Waals surface area contributed by atoms with Gasteiger partial charge in [-0.25, -0.2) is 4.39 Å². The number of halogens is 1. The summed E-state index contributed by atoms with van der Waals surface area (Å²) in [5, 5.41) is 0. The van der Waals surface area contributed by atoms with Gasteiger partial charge in [-0.15, -0.1) is 0 Å². The third-order valence-corrected chi connectivity index (χ3v) is 7.09. The van der Waals surface area contributed by atoms with Gasteiger partial charge in [0.05, 0.1) is 7.11 Å². The first kappa shape index (κ1) is 24.1. The van der Waals surface area contributed by atoms with Crippen LogP contribution < -0.4 is 14.2 Å². The summed E-state index contributed by atoms with van der Waals surface area (Å²) in [5.41, 5.74) is 3.32. The summed E-state index contributed by atoms with van der Waals surface area (Å²) in [5.74, 6) is 2.65. The number of amides is 1. The molecule has 0 aromatic heterocycles. The van der Waals surface area contributed by atoms with Gasteiger partial charge < -0.3 is 19.1 Å². The zero-order chi connectivity index (χ0) is 25.1. The monoisotopic (exact) mass is 490 g/mol. The second-order valence-corrected chi connectivity index (χ2v) is 9.55. The van der Waals surface area contributed by atoms with E-state index in [1.54, 1.807) is 26.2 Å². The first-order valence-corrected chi connectivity index (χ1v) is 12.2. The van der Waals surface area contributed by atoms with E-state index in [9.17, 15) is 9.18 Å². The van der Waals surface area contributed by atoms with E-state index < -0.39 is 0 Å². The number of fused-ring (bicyclic) bond motifs is 1. The smallest absolute Gasteiger partial charge is 0.231 e. The van der Waals surface area contributed by atoms with Crippen LogP contribution in [-0.4, -0.2) is 49.2 Å². The maximum absolute atomic E-state index is 13.4. The first-order valence-electron chi connectivity index (χ1n) is 12.2. The lowest BCUT2D eigenvalue weighted by Crippen LogP contribution is -2.35. The van der Waals surface area contributed by atoms with Crippen LogP contribution in [0.3, 0.4) is 0 Å². The Morgan fingerprint density at radius 1 is 1.00 bits per heavy atom. The van der Waals surface area contributed by atoms with E-state index in [4.69, 9.17) is 14.2 Å². The highest BCUT2D eigenvalue weighted by Crippen LogP contribution is 2.37. The fourth-order valence-corrected chi connectivity index (χ4v) is 5.20. The van der Waals surface area contributed by atoms with Gasteiger partial charge in [-0.1, -0.05) is 30.3 Å². The molecule has 2 aliphatic rings. The van der Waals surface area contributed by atoms with Gasteiger partial charge in [-0.3, -0.25) is 9.69 Å². The Morgan fingerprint density at radius 2 is 1.72 bits per heavy atom. The van der Waals surface area contributed by atoms with Gasteiger partial charge in [-0.05, 0) is 59.0 Å². The lowest BCUT2D eigenvalue weighted by molar-refractivity contribution is -0.130. The fraction of sp³-hybridized carbons (Fsp3) is 0.345. The van der Waals surface area contributed by atoms with Crippen LogP contribution in [0, 0.1) is 11.7 Å². The molecular weight excluding hydrogens is 459 g/mol. The molecular formula is C29H31FN2O4. The highest BCUT2D eigenvalue weighted by Gasteiger charge is 2.35. The third-order valence-electron chi connectivity index (χ3n) is 7.09. The van der Waals surface area contributed by atoms with Gasteiger partial charge in [0.25, 0.3) is 0 Å². The van der Waals surface area contributed by atoms with Crippen molar-refractivity contribution in [3.63, 3.8) is 0 Å². The molecule has 0 N–H and O–H groups in total. The number of likely N-dealkylation sites (tertiary alicyclic amines) is 1. The summed E-state index contributed by atoms with van der Waals surface area (Å²) in [6.07, 6.45) is 0. The standard InChI is InChI=1S/C29H31FN2O4/c1-20(33)32(15-21-3-8-25(30)9-4-21)17-24-16-31(14-22-5-12-28-29(13-22)36-19-35-28)18-27(24)23-6-10-26(34-2)11-7-23/h3-13,24,27H,14-19H2,1-2H3. The average Bonchev–Trinajstić information content (AvgIpc) is 3.51. The second kappa shape index (κ2) is 10.6. The molecule has 2 unspecified atom stereocenters. The van der Waals surface area contributed by atoms with Crippen molar-refractivity contribution in [3.8, 4) is 17.2 Å². The largest absolute Gasteiger partial charge is 0.497 e. The molecule has 0 radical (unpaired) electrons. The third kappa shape index (κ3) is 5.46. The van der Waals surface area contributed by atoms with Gasteiger partial charge in [0, 0.05) is 45.6 Å². The number of carbonyl (C=O) groups is 1. The normalized spacial score (nSPS) is 18.9. The average molecular weight is 491 g/mol. The molecule has 0 aliphatic carbocycles. The van der Waals surface area contributed by atoms with E-state index in [-0.39, 0.29) is 30.4 Å². The van der Waals surface area contributed by atoms with Crippen molar-refractivity contribution in [2.45, 2.75) is 25.9 Å². The number of nitrogens with zero attached hydrogens (tertiary/aromatic N) is 2. The summed E-state index contributed by atoms with van der Waals surface area (Å²) in [4.78, 5) is 16.9. The lowest BCUT2D eigenvalue weighted by Gasteiger charge is -2.28. The van der Waals surface area contributed by atoms with Crippen LogP contribution in [-0.2, 0) is 17.9 Å². The molecule has 36 heavy (non-hydrogen) atoms. The van der Waals surface area contributed by atoms with E-state index in [1.807, 2.05) is 23.1 Å². The maximum Gasteiger partial charge on any atom is 0.231 e. The van der Waals surface area contributed by atoms with E-state index in [0.717, 1.165) is 42.4 Å². The van der Waals surface area contributed by atoms with Crippen molar-refractivity contribution < 1.29 is 23.4 Å². The number of benzene rings is 3. The predicted octanol–water partition coefficient (Wildman–Crippen LogP) is 4.83. The lowest BCUT2D eigenvalue weighted by atomic mass is 9.88. The van der Waals surface area contributed by atoms with E-state index in [1.165, 1.54) is 23.3 Å². The number of hydrogen-bond donors (Lipinski definition) is 0. The summed E-state index contributed by atoms with van der Waals surface area (Å²) in [7, 11) is 1.67. The van der Waals surface area contributed by atoms with Crippen LogP contribution >= 0.6 is 0 Å². The molecule has 5 rings (SSSR count). The van der Waals surface area contributed by atoms with Gasteiger partial charge >= 0.3 is 0 Å². The van der Waals surface area contributed by atoms with Crippen LogP contribution in [0.15, 0.2) is 66.7 Å². The predicted molar refractivity (Wildman–Crippen MR) is 135 cm³/mol. The number of carbonyl (C=O) groups excluding carboxylic acids is 1. The van der Waals surface area contributed by atoms with Gasteiger partial charge in [0.1, 0.15) is 11.6 Å². The van der Waals surface area contributed by atoms with E-state index >= 15 is 0 Å². The molecule has 0 spiro atoms. The Hall–Kier alpha value is -3.58. The molecule has 3 aromatic carbocycles. The molecule has 188 valence electrons. The Morgan fingerprint density at radius 3 is 2.44 bits per heavy atom. The maximum atomic E-state index is 13.4. The van der Waals surface area contributed by atoms with Crippen LogP contribution in [0.5, 0.6) is 17.2 Å². The number of hydrogen-bond acceptors (Lipinski definition) is 5.